The van der Waals surface area contributed by atoms with Crippen LogP contribution in [0.25, 0.3) is 11.1 Å². The van der Waals surface area contributed by atoms with Crippen LogP contribution < -0.4 is 9.47 Å². The SMILES string of the molecule is COc1ccc(-c2coc3c2C(=O)c2ccccc2C3=O)cc1OC. The average molecular weight is 334 g/mol. The van der Waals surface area contributed by atoms with Gasteiger partial charge in [0.25, 0.3) is 0 Å². The van der Waals surface area contributed by atoms with Gasteiger partial charge in [0.05, 0.1) is 26.0 Å². The molecule has 5 nitrogen and oxygen atoms in total. The Hall–Kier alpha value is -3.34. The third kappa shape index (κ3) is 2.16. The number of benzene rings is 2. The zero-order valence-electron chi connectivity index (χ0n) is 13.7. The summed E-state index contributed by atoms with van der Waals surface area (Å²) in [4.78, 5) is 25.5. The van der Waals surface area contributed by atoms with Crippen molar-refractivity contribution in [2.75, 3.05) is 14.2 Å². The fourth-order valence-electron chi connectivity index (χ4n) is 3.10. The molecule has 0 radical (unpaired) electrons. The second kappa shape index (κ2) is 5.63. The maximum Gasteiger partial charge on any atom is 0.229 e. The third-order valence-electron chi connectivity index (χ3n) is 4.34. The fourth-order valence-corrected chi connectivity index (χ4v) is 3.10. The molecule has 124 valence electrons. The minimum absolute atomic E-state index is 0.0773. The molecule has 0 spiro atoms. The van der Waals surface area contributed by atoms with Gasteiger partial charge >= 0.3 is 0 Å². The summed E-state index contributed by atoms with van der Waals surface area (Å²) >= 11 is 0. The molecule has 25 heavy (non-hydrogen) atoms. The highest BCUT2D eigenvalue weighted by atomic mass is 16.5. The highest BCUT2D eigenvalue weighted by Gasteiger charge is 2.35. The van der Waals surface area contributed by atoms with Crippen LogP contribution in [-0.4, -0.2) is 25.8 Å². The van der Waals surface area contributed by atoms with E-state index in [0.29, 0.717) is 33.8 Å². The number of furan rings is 1. The number of fused-ring (bicyclic) bond motifs is 2. The Balaban J connectivity index is 1.90. The van der Waals surface area contributed by atoms with Crippen molar-refractivity contribution in [3.05, 3.63) is 71.2 Å². The van der Waals surface area contributed by atoms with E-state index in [1.165, 1.54) is 13.4 Å². The van der Waals surface area contributed by atoms with Gasteiger partial charge in [0, 0.05) is 16.7 Å². The molecule has 0 fully saturated rings. The second-order valence-corrected chi connectivity index (χ2v) is 5.63. The summed E-state index contributed by atoms with van der Waals surface area (Å²) in [5.74, 6) is 0.690. The summed E-state index contributed by atoms with van der Waals surface area (Å²) in [6.45, 7) is 0. The maximum atomic E-state index is 12.9. The Morgan fingerprint density at radius 1 is 0.800 bits per heavy atom. The number of ether oxygens (including phenoxy) is 2. The fraction of sp³-hybridized carbons (Fsp3) is 0.100. The zero-order valence-corrected chi connectivity index (χ0v) is 13.7. The molecular formula is C20H14O5. The molecule has 0 aliphatic heterocycles. The molecule has 0 unspecified atom stereocenters. The molecule has 1 aliphatic carbocycles. The molecule has 0 amide bonds. The molecule has 5 heteroatoms. The van der Waals surface area contributed by atoms with Crippen LogP contribution in [0.3, 0.4) is 0 Å². The zero-order chi connectivity index (χ0) is 17.6. The number of hydrogen-bond donors (Lipinski definition) is 0. The van der Waals surface area contributed by atoms with Crippen molar-refractivity contribution in [3.8, 4) is 22.6 Å². The Morgan fingerprint density at radius 2 is 1.48 bits per heavy atom. The highest BCUT2D eigenvalue weighted by Crippen LogP contribution is 2.38. The number of methoxy groups -OCH3 is 2. The maximum absolute atomic E-state index is 12.9. The monoisotopic (exact) mass is 334 g/mol. The van der Waals surface area contributed by atoms with Crippen molar-refractivity contribution in [1.29, 1.82) is 0 Å². The van der Waals surface area contributed by atoms with Crippen LogP contribution in [0, 0.1) is 0 Å². The summed E-state index contributed by atoms with van der Waals surface area (Å²) in [5, 5.41) is 0. The lowest BCUT2D eigenvalue weighted by Gasteiger charge is -2.14. The van der Waals surface area contributed by atoms with E-state index in [-0.39, 0.29) is 22.9 Å². The number of carbonyl (C=O) groups is 2. The molecule has 1 aromatic heterocycles. The van der Waals surface area contributed by atoms with Gasteiger partial charge in [0.15, 0.2) is 23.0 Å². The lowest BCUT2D eigenvalue weighted by atomic mass is 9.85. The number of carbonyl (C=O) groups excluding carboxylic acids is 2. The minimum Gasteiger partial charge on any atom is -0.493 e. The lowest BCUT2D eigenvalue weighted by molar-refractivity contribution is 0.0960. The van der Waals surface area contributed by atoms with Gasteiger partial charge < -0.3 is 13.9 Å². The number of rotatable bonds is 3. The number of hydrogen-bond acceptors (Lipinski definition) is 5. The Bertz CT molecular complexity index is 1010. The summed E-state index contributed by atoms with van der Waals surface area (Å²) in [5.41, 5.74) is 2.32. The third-order valence-corrected chi connectivity index (χ3v) is 4.34. The van der Waals surface area contributed by atoms with Crippen LogP contribution in [-0.2, 0) is 0 Å². The lowest BCUT2D eigenvalue weighted by Crippen LogP contribution is -2.19. The van der Waals surface area contributed by atoms with E-state index in [9.17, 15) is 9.59 Å². The molecule has 0 bridgehead atoms. The predicted molar refractivity (Wildman–Crippen MR) is 90.6 cm³/mol. The normalized spacial score (nSPS) is 12.6. The topological polar surface area (TPSA) is 65.7 Å². The first kappa shape index (κ1) is 15.2. The van der Waals surface area contributed by atoms with Crippen LogP contribution in [0.4, 0.5) is 0 Å². The smallest absolute Gasteiger partial charge is 0.229 e. The van der Waals surface area contributed by atoms with Crippen LogP contribution in [0.2, 0.25) is 0 Å². The van der Waals surface area contributed by atoms with Crippen molar-refractivity contribution < 1.29 is 23.5 Å². The Labute approximate surface area is 143 Å². The highest BCUT2D eigenvalue weighted by molar-refractivity contribution is 6.29. The van der Waals surface area contributed by atoms with E-state index < -0.39 is 0 Å². The van der Waals surface area contributed by atoms with E-state index in [1.807, 2.05) is 0 Å². The Kier molecular flexibility index (Phi) is 3.42. The van der Waals surface area contributed by atoms with Crippen LogP contribution >= 0.6 is 0 Å². The van der Waals surface area contributed by atoms with Gasteiger partial charge in [-0.1, -0.05) is 30.3 Å². The van der Waals surface area contributed by atoms with Gasteiger partial charge in [-0.2, -0.15) is 0 Å². The van der Waals surface area contributed by atoms with E-state index in [1.54, 1.807) is 49.6 Å². The van der Waals surface area contributed by atoms with Gasteiger partial charge in [0.2, 0.25) is 5.78 Å². The second-order valence-electron chi connectivity index (χ2n) is 5.63. The molecule has 1 heterocycles. The standard InChI is InChI=1S/C20H14O5/c1-23-15-8-7-11(9-16(15)24-2)14-10-25-20-17(14)18(21)12-5-3-4-6-13(12)19(20)22/h3-10H,1-2H3. The minimum atomic E-state index is -0.281. The quantitative estimate of drug-likeness (QED) is 0.571. The first-order valence-corrected chi connectivity index (χ1v) is 7.68. The summed E-state index contributed by atoms with van der Waals surface area (Å²) < 4.78 is 16.0. The molecule has 1 aliphatic rings. The molecule has 4 rings (SSSR count). The Morgan fingerprint density at radius 3 is 2.16 bits per heavy atom. The van der Waals surface area contributed by atoms with Crippen molar-refractivity contribution in [2.24, 2.45) is 0 Å². The molecular weight excluding hydrogens is 320 g/mol. The molecule has 0 N–H and O–H groups in total. The molecule has 0 atom stereocenters. The molecule has 3 aromatic rings. The van der Waals surface area contributed by atoms with Gasteiger partial charge in [-0.05, 0) is 17.7 Å². The molecule has 2 aromatic carbocycles. The van der Waals surface area contributed by atoms with Crippen LogP contribution in [0.5, 0.6) is 11.5 Å². The van der Waals surface area contributed by atoms with Crippen LogP contribution in [0.15, 0.2) is 53.1 Å². The van der Waals surface area contributed by atoms with E-state index >= 15 is 0 Å². The van der Waals surface area contributed by atoms with Crippen molar-refractivity contribution in [3.63, 3.8) is 0 Å². The van der Waals surface area contributed by atoms with E-state index in [4.69, 9.17) is 13.9 Å². The van der Waals surface area contributed by atoms with Gasteiger partial charge in [-0.3, -0.25) is 9.59 Å². The van der Waals surface area contributed by atoms with E-state index in [2.05, 4.69) is 0 Å². The van der Waals surface area contributed by atoms with Gasteiger partial charge in [-0.15, -0.1) is 0 Å². The van der Waals surface area contributed by atoms with Crippen molar-refractivity contribution in [2.45, 2.75) is 0 Å². The first-order valence-electron chi connectivity index (χ1n) is 7.68. The van der Waals surface area contributed by atoms with Crippen molar-refractivity contribution >= 4 is 11.6 Å². The number of ketones is 2. The van der Waals surface area contributed by atoms with Gasteiger partial charge in [-0.25, -0.2) is 0 Å². The largest absolute Gasteiger partial charge is 0.493 e. The van der Waals surface area contributed by atoms with Crippen molar-refractivity contribution in [1.82, 2.24) is 0 Å². The first-order chi connectivity index (χ1) is 12.2. The average Bonchev–Trinajstić information content (AvgIpc) is 3.11. The van der Waals surface area contributed by atoms with Gasteiger partial charge in [0.1, 0.15) is 0 Å². The summed E-state index contributed by atoms with van der Waals surface area (Å²) in [6, 6.07) is 12.1. The molecule has 0 saturated carbocycles. The summed E-state index contributed by atoms with van der Waals surface area (Å²) in [6.07, 6.45) is 1.44. The van der Waals surface area contributed by atoms with Crippen LogP contribution in [0.1, 0.15) is 32.0 Å². The van der Waals surface area contributed by atoms with E-state index in [0.717, 1.165) is 0 Å². The summed E-state index contributed by atoms with van der Waals surface area (Å²) in [7, 11) is 3.09. The predicted octanol–water partition coefficient (Wildman–Crippen LogP) is 3.74. The molecule has 0 saturated heterocycles.